The molecule has 2 heterocycles. The summed E-state index contributed by atoms with van der Waals surface area (Å²) in [6, 6.07) is 10.0. The fourth-order valence-corrected chi connectivity index (χ4v) is 2.78. The molecule has 3 rings (SSSR count). The Balaban J connectivity index is 1.85. The van der Waals surface area contributed by atoms with Crippen molar-refractivity contribution in [2.45, 2.75) is 38.0 Å². The SMILES string of the molecule is CCOC(=O)[C@@]1(C)CC[C@@]2(c3ccccc3)ON21. The molecule has 18 heavy (non-hydrogen) atoms. The Kier molecular flexibility index (Phi) is 2.47. The average Bonchev–Trinajstić information content (AvgIpc) is 3.08. The van der Waals surface area contributed by atoms with Crippen LogP contribution in [0.25, 0.3) is 0 Å². The van der Waals surface area contributed by atoms with Crippen LogP contribution in [0.5, 0.6) is 0 Å². The zero-order valence-electron chi connectivity index (χ0n) is 10.7. The van der Waals surface area contributed by atoms with Gasteiger partial charge in [0.05, 0.1) is 6.61 Å². The van der Waals surface area contributed by atoms with Crippen molar-refractivity contribution in [2.24, 2.45) is 0 Å². The summed E-state index contributed by atoms with van der Waals surface area (Å²) < 4.78 is 5.15. The van der Waals surface area contributed by atoms with Crippen molar-refractivity contribution in [1.82, 2.24) is 5.06 Å². The average molecular weight is 247 g/mol. The van der Waals surface area contributed by atoms with Gasteiger partial charge in [0.25, 0.3) is 0 Å². The maximum absolute atomic E-state index is 12.0. The number of hydroxylamine groups is 2. The molecule has 0 N–H and O–H groups in total. The topological polar surface area (TPSA) is 41.8 Å². The second kappa shape index (κ2) is 3.80. The predicted molar refractivity (Wildman–Crippen MR) is 65.3 cm³/mol. The van der Waals surface area contributed by atoms with Crippen molar-refractivity contribution >= 4 is 5.97 Å². The molecule has 0 aliphatic carbocycles. The molecular formula is C14H17NO3. The fourth-order valence-electron chi connectivity index (χ4n) is 2.78. The monoisotopic (exact) mass is 247 g/mol. The van der Waals surface area contributed by atoms with Crippen molar-refractivity contribution in [3.63, 3.8) is 0 Å². The van der Waals surface area contributed by atoms with E-state index in [2.05, 4.69) is 0 Å². The van der Waals surface area contributed by atoms with Crippen molar-refractivity contribution in [1.29, 1.82) is 0 Å². The molecule has 2 aliphatic heterocycles. The Morgan fingerprint density at radius 1 is 1.39 bits per heavy atom. The zero-order chi connectivity index (χ0) is 12.8. The third-order valence-corrected chi connectivity index (χ3v) is 3.88. The van der Waals surface area contributed by atoms with E-state index in [0.29, 0.717) is 6.61 Å². The van der Waals surface area contributed by atoms with Crippen LogP contribution in [0.1, 0.15) is 32.3 Å². The molecule has 4 heteroatoms. The molecule has 4 nitrogen and oxygen atoms in total. The summed E-state index contributed by atoms with van der Waals surface area (Å²) in [6.45, 7) is 4.12. The van der Waals surface area contributed by atoms with E-state index in [1.807, 2.05) is 44.2 Å². The van der Waals surface area contributed by atoms with Crippen molar-refractivity contribution in [3.8, 4) is 0 Å². The maximum Gasteiger partial charge on any atom is 0.328 e. The number of carbonyl (C=O) groups is 1. The first-order chi connectivity index (χ1) is 8.63. The van der Waals surface area contributed by atoms with Crippen molar-refractivity contribution in [2.75, 3.05) is 6.61 Å². The van der Waals surface area contributed by atoms with Crippen LogP contribution in [-0.2, 0) is 20.1 Å². The number of rotatable bonds is 3. The highest BCUT2D eigenvalue weighted by Crippen LogP contribution is 2.60. The second-order valence-corrected chi connectivity index (χ2v) is 5.03. The molecular weight excluding hydrogens is 230 g/mol. The fraction of sp³-hybridized carbons (Fsp3) is 0.500. The van der Waals surface area contributed by atoms with Crippen LogP contribution in [0.4, 0.5) is 0 Å². The maximum atomic E-state index is 12.0. The molecule has 96 valence electrons. The Morgan fingerprint density at radius 2 is 2.11 bits per heavy atom. The highest BCUT2D eigenvalue weighted by Gasteiger charge is 2.71. The number of hydrogen-bond donors (Lipinski definition) is 0. The summed E-state index contributed by atoms with van der Waals surface area (Å²) in [6.07, 6.45) is 1.59. The van der Waals surface area contributed by atoms with Gasteiger partial charge in [0.2, 0.25) is 0 Å². The molecule has 2 saturated heterocycles. The van der Waals surface area contributed by atoms with E-state index in [1.54, 1.807) is 5.06 Å². The highest BCUT2D eigenvalue weighted by atomic mass is 16.9. The van der Waals surface area contributed by atoms with E-state index in [1.165, 1.54) is 0 Å². The van der Waals surface area contributed by atoms with E-state index >= 15 is 0 Å². The number of carbonyl (C=O) groups excluding carboxylic acids is 1. The van der Waals surface area contributed by atoms with Crippen molar-refractivity contribution in [3.05, 3.63) is 35.9 Å². The number of hydrogen-bond acceptors (Lipinski definition) is 4. The van der Waals surface area contributed by atoms with E-state index < -0.39 is 11.3 Å². The smallest absolute Gasteiger partial charge is 0.328 e. The predicted octanol–water partition coefficient (Wildman–Crippen LogP) is 2.20. The molecule has 0 saturated carbocycles. The van der Waals surface area contributed by atoms with Crippen LogP contribution < -0.4 is 0 Å². The van der Waals surface area contributed by atoms with Crippen LogP contribution in [0.2, 0.25) is 0 Å². The molecule has 1 aromatic carbocycles. The lowest BCUT2D eigenvalue weighted by Gasteiger charge is -2.21. The van der Waals surface area contributed by atoms with Crippen LogP contribution in [0.3, 0.4) is 0 Å². The molecule has 0 spiro atoms. The quantitative estimate of drug-likeness (QED) is 0.606. The van der Waals surface area contributed by atoms with Gasteiger partial charge in [-0.1, -0.05) is 30.3 Å². The summed E-state index contributed by atoms with van der Waals surface area (Å²) in [7, 11) is 0. The minimum Gasteiger partial charge on any atom is -0.465 e. The summed E-state index contributed by atoms with van der Waals surface area (Å²) in [5.41, 5.74) is 0.0623. The highest BCUT2D eigenvalue weighted by molar-refractivity contribution is 5.81. The minimum atomic E-state index is -0.647. The number of esters is 1. The molecule has 0 radical (unpaired) electrons. The Bertz CT molecular complexity index is 475. The Morgan fingerprint density at radius 3 is 2.72 bits per heavy atom. The molecule has 0 aromatic heterocycles. The third kappa shape index (κ3) is 1.42. The van der Waals surface area contributed by atoms with Crippen LogP contribution in [-0.4, -0.2) is 23.2 Å². The lowest BCUT2D eigenvalue weighted by molar-refractivity contribution is -0.157. The van der Waals surface area contributed by atoms with Gasteiger partial charge in [-0.05, 0) is 20.3 Å². The molecule has 1 aromatic rings. The van der Waals surface area contributed by atoms with Gasteiger partial charge in [-0.25, -0.2) is 4.79 Å². The molecule has 0 amide bonds. The molecule has 2 fully saturated rings. The number of benzene rings is 1. The summed E-state index contributed by atoms with van der Waals surface area (Å²) in [4.78, 5) is 17.8. The van der Waals surface area contributed by atoms with Crippen LogP contribution >= 0.6 is 0 Å². The first-order valence-corrected chi connectivity index (χ1v) is 6.36. The van der Waals surface area contributed by atoms with E-state index in [4.69, 9.17) is 9.57 Å². The van der Waals surface area contributed by atoms with E-state index in [0.717, 1.165) is 18.4 Å². The van der Waals surface area contributed by atoms with E-state index in [9.17, 15) is 4.79 Å². The van der Waals surface area contributed by atoms with Gasteiger partial charge < -0.3 is 4.74 Å². The van der Waals surface area contributed by atoms with Gasteiger partial charge in [0.1, 0.15) is 5.54 Å². The van der Waals surface area contributed by atoms with Gasteiger partial charge in [0.15, 0.2) is 5.72 Å². The first-order valence-electron chi connectivity index (χ1n) is 6.36. The number of fused-ring (bicyclic) bond motifs is 1. The van der Waals surface area contributed by atoms with Gasteiger partial charge in [0, 0.05) is 12.0 Å². The third-order valence-electron chi connectivity index (χ3n) is 3.88. The molecule has 1 unspecified atom stereocenters. The number of nitrogens with zero attached hydrogens (tertiary/aromatic N) is 1. The molecule has 0 bridgehead atoms. The zero-order valence-corrected chi connectivity index (χ0v) is 10.7. The minimum absolute atomic E-state index is 0.194. The van der Waals surface area contributed by atoms with E-state index in [-0.39, 0.29) is 5.97 Å². The van der Waals surface area contributed by atoms with Crippen LogP contribution in [0, 0.1) is 0 Å². The van der Waals surface area contributed by atoms with Gasteiger partial charge in [-0.3, -0.25) is 4.84 Å². The summed E-state index contributed by atoms with van der Waals surface area (Å²) in [5, 5.41) is 1.80. The van der Waals surface area contributed by atoms with Crippen LogP contribution in [0.15, 0.2) is 30.3 Å². The number of ether oxygens (including phenoxy) is 1. The summed E-state index contributed by atoms with van der Waals surface area (Å²) in [5.74, 6) is -0.194. The lowest BCUT2D eigenvalue weighted by Crippen LogP contribution is -2.42. The molecule has 3 atom stereocenters. The second-order valence-electron chi connectivity index (χ2n) is 5.03. The first kappa shape index (κ1) is 11.7. The summed E-state index contributed by atoms with van der Waals surface area (Å²) >= 11 is 0. The molecule has 2 aliphatic rings. The largest absolute Gasteiger partial charge is 0.465 e. The lowest BCUT2D eigenvalue weighted by atomic mass is 9.98. The van der Waals surface area contributed by atoms with Gasteiger partial charge >= 0.3 is 5.97 Å². The Labute approximate surface area is 106 Å². The van der Waals surface area contributed by atoms with Gasteiger partial charge in [-0.15, -0.1) is 5.06 Å². The Hall–Kier alpha value is -1.39. The standard InChI is InChI=1S/C14H17NO3/c1-3-17-12(16)13(2)9-10-14(15(13)18-14)11-7-5-4-6-8-11/h4-8H,3,9-10H2,1-2H3/t13-,14+,15?/m1/s1. The van der Waals surface area contributed by atoms with Gasteiger partial charge in [-0.2, -0.15) is 0 Å². The van der Waals surface area contributed by atoms with Crippen molar-refractivity contribution < 1.29 is 14.4 Å². The normalized spacial score (nSPS) is 37.1.